The lowest BCUT2D eigenvalue weighted by Crippen LogP contribution is -2.20. The minimum absolute atomic E-state index is 0.377. The predicted molar refractivity (Wildman–Crippen MR) is 71.0 cm³/mol. The zero-order valence-corrected chi connectivity index (χ0v) is 10.7. The molecule has 6 heteroatoms. The maximum atomic E-state index is 12.9. The van der Waals surface area contributed by atoms with Crippen molar-refractivity contribution in [3.8, 4) is 0 Å². The highest BCUT2D eigenvalue weighted by molar-refractivity contribution is 9.10. The second kappa shape index (κ2) is 5.59. The van der Waals surface area contributed by atoms with Gasteiger partial charge in [0.15, 0.2) is 0 Å². The lowest BCUT2D eigenvalue weighted by molar-refractivity contribution is 0.262. The predicted octanol–water partition coefficient (Wildman–Crippen LogP) is 3.63. The van der Waals surface area contributed by atoms with Crippen LogP contribution in [0, 0.1) is 5.82 Å². The number of amides is 2. The molecule has 0 atom stereocenters. The number of pyridine rings is 1. The first-order chi connectivity index (χ1) is 8.63. The third kappa shape index (κ3) is 3.53. The molecule has 0 aliphatic carbocycles. The van der Waals surface area contributed by atoms with Crippen LogP contribution < -0.4 is 10.6 Å². The van der Waals surface area contributed by atoms with Crippen LogP contribution in [0.15, 0.2) is 47.1 Å². The zero-order chi connectivity index (χ0) is 13.0. The Hall–Kier alpha value is -1.95. The van der Waals surface area contributed by atoms with Crippen LogP contribution in [0.4, 0.5) is 20.7 Å². The Labute approximate surface area is 111 Å². The van der Waals surface area contributed by atoms with Gasteiger partial charge in [0.2, 0.25) is 0 Å². The van der Waals surface area contributed by atoms with Gasteiger partial charge in [0.1, 0.15) is 16.2 Å². The molecule has 2 amide bonds. The average Bonchev–Trinajstić information content (AvgIpc) is 2.28. The van der Waals surface area contributed by atoms with Crippen LogP contribution in [0.5, 0.6) is 0 Å². The molecule has 0 aliphatic heterocycles. The lowest BCUT2D eigenvalue weighted by atomic mass is 10.3. The number of anilines is 2. The van der Waals surface area contributed by atoms with Crippen molar-refractivity contribution in [2.45, 2.75) is 0 Å². The van der Waals surface area contributed by atoms with Gasteiger partial charge in [-0.3, -0.25) is 5.32 Å². The lowest BCUT2D eigenvalue weighted by Gasteiger charge is -2.07. The Balaban J connectivity index is 2.01. The molecule has 0 saturated heterocycles. The van der Waals surface area contributed by atoms with E-state index >= 15 is 0 Å². The smallest absolute Gasteiger partial charge is 0.308 e. The van der Waals surface area contributed by atoms with Crippen molar-refractivity contribution in [3.63, 3.8) is 0 Å². The fourth-order valence-electron chi connectivity index (χ4n) is 1.32. The zero-order valence-electron chi connectivity index (χ0n) is 9.15. The fraction of sp³-hybridized carbons (Fsp3) is 0. The van der Waals surface area contributed by atoms with Crippen LogP contribution in [0.1, 0.15) is 0 Å². The molecular formula is C12H9BrFN3O. The first-order valence-corrected chi connectivity index (χ1v) is 5.89. The highest BCUT2D eigenvalue weighted by Crippen LogP contribution is 2.12. The van der Waals surface area contributed by atoms with E-state index in [9.17, 15) is 9.18 Å². The molecular weight excluding hydrogens is 301 g/mol. The van der Waals surface area contributed by atoms with Crippen molar-refractivity contribution >= 4 is 33.5 Å². The van der Waals surface area contributed by atoms with Crippen molar-refractivity contribution in [2.24, 2.45) is 0 Å². The summed E-state index contributed by atoms with van der Waals surface area (Å²) < 4.78 is 13.5. The van der Waals surface area contributed by atoms with Crippen molar-refractivity contribution in [1.82, 2.24) is 4.98 Å². The number of hydrogen-bond donors (Lipinski definition) is 2. The summed E-state index contributed by atoms with van der Waals surface area (Å²) in [5.41, 5.74) is 0.377. The minimum Gasteiger partial charge on any atom is -0.308 e. The molecule has 0 radical (unpaired) electrons. The van der Waals surface area contributed by atoms with E-state index in [0.717, 1.165) is 0 Å². The summed E-state index contributed by atoms with van der Waals surface area (Å²) in [7, 11) is 0. The molecule has 1 aromatic carbocycles. The molecule has 0 saturated carbocycles. The Morgan fingerprint density at radius 2 is 1.94 bits per heavy atom. The number of carbonyl (C=O) groups excluding carboxylic acids is 1. The Bertz CT molecular complexity index is 527. The van der Waals surface area contributed by atoms with Gasteiger partial charge in [0.05, 0.1) is 0 Å². The van der Waals surface area contributed by atoms with Gasteiger partial charge in [-0.25, -0.2) is 14.2 Å². The molecule has 0 aliphatic rings. The maximum absolute atomic E-state index is 12.9. The van der Waals surface area contributed by atoms with Crippen LogP contribution in [0.3, 0.4) is 0 Å². The van der Waals surface area contributed by atoms with E-state index in [-0.39, 0.29) is 0 Å². The summed E-state index contributed by atoms with van der Waals surface area (Å²) in [6.07, 6.45) is 0. The largest absolute Gasteiger partial charge is 0.324 e. The van der Waals surface area contributed by atoms with Crippen LogP contribution >= 0.6 is 15.9 Å². The molecule has 4 nitrogen and oxygen atoms in total. The first kappa shape index (κ1) is 12.5. The molecule has 92 valence electrons. The fourth-order valence-corrected chi connectivity index (χ4v) is 1.67. The molecule has 1 aromatic heterocycles. The summed E-state index contributed by atoms with van der Waals surface area (Å²) in [4.78, 5) is 15.6. The van der Waals surface area contributed by atoms with Crippen LogP contribution in [-0.4, -0.2) is 11.0 Å². The number of halogens is 2. The maximum Gasteiger partial charge on any atom is 0.324 e. The minimum atomic E-state index is -0.480. The van der Waals surface area contributed by atoms with Crippen LogP contribution in [-0.2, 0) is 0 Å². The molecule has 1 heterocycles. The first-order valence-electron chi connectivity index (χ1n) is 5.09. The van der Waals surface area contributed by atoms with Gasteiger partial charge < -0.3 is 5.32 Å². The molecule has 0 fully saturated rings. The summed E-state index contributed by atoms with van der Waals surface area (Å²) >= 11 is 3.20. The molecule has 18 heavy (non-hydrogen) atoms. The SMILES string of the molecule is O=C(Nc1cccc(F)c1)Nc1cccc(Br)n1. The van der Waals surface area contributed by atoms with Gasteiger partial charge >= 0.3 is 6.03 Å². The van der Waals surface area contributed by atoms with Crippen molar-refractivity contribution < 1.29 is 9.18 Å². The summed E-state index contributed by atoms with van der Waals surface area (Å²) in [5, 5.41) is 5.04. The van der Waals surface area contributed by atoms with E-state index in [1.165, 1.54) is 18.2 Å². The van der Waals surface area contributed by atoms with Gasteiger partial charge in [-0.2, -0.15) is 0 Å². The van der Waals surface area contributed by atoms with E-state index in [2.05, 4.69) is 31.5 Å². The standard InChI is InChI=1S/C12H9BrFN3O/c13-10-5-2-6-11(16-10)17-12(18)15-9-4-1-3-8(14)7-9/h1-7H,(H2,15,16,17,18). The van der Waals surface area contributed by atoms with Crippen molar-refractivity contribution in [1.29, 1.82) is 0 Å². The Morgan fingerprint density at radius 1 is 1.17 bits per heavy atom. The normalized spacial score (nSPS) is 9.89. The summed E-state index contributed by atoms with van der Waals surface area (Å²) in [6, 6.07) is 10.3. The topological polar surface area (TPSA) is 54.0 Å². The molecule has 2 aromatic rings. The van der Waals surface area contributed by atoms with Gasteiger partial charge in [0.25, 0.3) is 0 Å². The number of nitrogens with zero attached hydrogens (tertiary/aromatic N) is 1. The Kier molecular flexibility index (Phi) is 3.88. The summed E-state index contributed by atoms with van der Waals surface area (Å²) in [5.74, 6) is -0.00772. The van der Waals surface area contributed by atoms with Gasteiger partial charge in [-0.1, -0.05) is 12.1 Å². The number of carbonyl (C=O) groups is 1. The highest BCUT2D eigenvalue weighted by Gasteiger charge is 2.04. The Morgan fingerprint density at radius 3 is 2.67 bits per heavy atom. The number of rotatable bonds is 2. The second-order valence-corrected chi connectivity index (χ2v) is 4.25. The van der Waals surface area contributed by atoms with Crippen LogP contribution in [0.25, 0.3) is 0 Å². The van der Waals surface area contributed by atoms with Gasteiger partial charge in [0, 0.05) is 5.69 Å². The molecule has 0 spiro atoms. The number of aromatic nitrogens is 1. The molecule has 0 bridgehead atoms. The number of hydrogen-bond acceptors (Lipinski definition) is 2. The van der Waals surface area contributed by atoms with Crippen LogP contribution in [0.2, 0.25) is 0 Å². The number of urea groups is 1. The number of benzene rings is 1. The van der Waals surface area contributed by atoms with E-state index in [4.69, 9.17) is 0 Å². The van der Waals surface area contributed by atoms with E-state index < -0.39 is 11.8 Å². The molecule has 2 N–H and O–H groups in total. The quantitative estimate of drug-likeness (QED) is 0.832. The third-order valence-corrected chi connectivity index (χ3v) is 2.48. The third-order valence-electron chi connectivity index (χ3n) is 2.04. The monoisotopic (exact) mass is 309 g/mol. The number of nitrogens with one attached hydrogen (secondary N) is 2. The average molecular weight is 310 g/mol. The van der Waals surface area contributed by atoms with E-state index in [1.807, 2.05) is 0 Å². The van der Waals surface area contributed by atoms with E-state index in [1.54, 1.807) is 24.3 Å². The van der Waals surface area contributed by atoms with Gasteiger partial charge in [-0.15, -0.1) is 0 Å². The summed E-state index contributed by atoms with van der Waals surface area (Å²) in [6.45, 7) is 0. The van der Waals surface area contributed by atoms with E-state index in [0.29, 0.717) is 16.1 Å². The second-order valence-electron chi connectivity index (χ2n) is 3.44. The highest BCUT2D eigenvalue weighted by atomic mass is 79.9. The molecule has 0 unspecified atom stereocenters. The van der Waals surface area contributed by atoms with Crippen molar-refractivity contribution in [3.05, 3.63) is 52.9 Å². The van der Waals surface area contributed by atoms with Crippen molar-refractivity contribution in [2.75, 3.05) is 10.6 Å². The van der Waals surface area contributed by atoms with Gasteiger partial charge in [-0.05, 0) is 46.3 Å². The molecule has 2 rings (SSSR count).